The van der Waals surface area contributed by atoms with E-state index in [0.717, 1.165) is 5.56 Å². The maximum Gasteiger partial charge on any atom is 0.233 e. The van der Waals surface area contributed by atoms with E-state index < -0.39 is 0 Å². The molecule has 1 aliphatic heterocycles. The Hall–Kier alpha value is -1.68. The second-order valence-electron chi connectivity index (χ2n) is 4.36. The maximum absolute atomic E-state index is 11.8. The Morgan fingerprint density at radius 2 is 1.88 bits per heavy atom. The van der Waals surface area contributed by atoms with Crippen molar-refractivity contribution in [2.45, 2.75) is 32.2 Å². The SMILES string of the molecule is CC(N)c1cccc(N2C(=O)CCCC2=O)c1. The summed E-state index contributed by atoms with van der Waals surface area (Å²) in [4.78, 5) is 24.8. The van der Waals surface area contributed by atoms with Crippen molar-refractivity contribution < 1.29 is 9.59 Å². The molecule has 0 saturated carbocycles. The normalized spacial score (nSPS) is 18.4. The number of carbonyl (C=O) groups excluding carboxylic acids is 2. The van der Waals surface area contributed by atoms with Crippen LogP contribution >= 0.6 is 0 Å². The molecule has 1 heterocycles. The van der Waals surface area contributed by atoms with Gasteiger partial charge in [-0.25, -0.2) is 0 Å². The third-order valence-electron chi connectivity index (χ3n) is 2.93. The van der Waals surface area contributed by atoms with E-state index in [0.29, 0.717) is 24.9 Å². The lowest BCUT2D eigenvalue weighted by atomic mass is 10.1. The van der Waals surface area contributed by atoms with Crippen molar-refractivity contribution in [1.29, 1.82) is 0 Å². The first-order chi connectivity index (χ1) is 8.09. The summed E-state index contributed by atoms with van der Waals surface area (Å²) < 4.78 is 0. The van der Waals surface area contributed by atoms with Gasteiger partial charge in [-0.05, 0) is 31.0 Å². The number of amides is 2. The number of anilines is 1. The highest BCUT2D eigenvalue weighted by atomic mass is 16.2. The molecule has 4 heteroatoms. The first-order valence-corrected chi connectivity index (χ1v) is 5.81. The van der Waals surface area contributed by atoms with E-state index in [-0.39, 0.29) is 17.9 Å². The summed E-state index contributed by atoms with van der Waals surface area (Å²) in [5.41, 5.74) is 7.35. The largest absolute Gasteiger partial charge is 0.324 e. The molecule has 2 N–H and O–H groups in total. The second kappa shape index (κ2) is 4.67. The van der Waals surface area contributed by atoms with Gasteiger partial charge in [0.25, 0.3) is 0 Å². The van der Waals surface area contributed by atoms with Crippen LogP contribution in [-0.4, -0.2) is 11.8 Å². The van der Waals surface area contributed by atoms with Crippen LogP contribution in [0.2, 0.25) is 0 Å². The molecule has 1 aromatic carbocycles. The predicted molar refractivity (Wildman–Crippen MR) is 65.4 cm³/mol. The van der Waals surface area contributed by atoms with Crippen molar-refractivity contribution in [2.75, 3.05) is 4.90 Å². The van der Waals surface area contributed by atoms with Crippen LogP contribution < -0.4 is 10.6 Å². The monoisotopic (exact) mass is 232 g/mol. The number of benzene rings is 1. The minimum absolute atomic E-state index is 0.107. The lowest BCUT2D eigenvalue weighted by Gasteiger charge is -2.25. The quantitative estimate of drug-likeness (QED) is 0.790. The molecule has 0 bridgehead atoms. The van der Waals surface area contributed by atoms with Gasteiger partial charge >= 0.3 is 0 Å². The topological polar surface area (TPSA) is 63.4 Å². The van der Waals surface area contributed by atoms with Crippen molar-refractivity contribution >= 4 is 17.5 Å². The van der Waals surface area contributed by atoms with Crippen molar-refractivity contribution in [3.63, 3.8) is 0 Å². The molecule has 0 aliphatic carbocycles. The average Bonchev–Trinajstić information content (AvgIpc) is 2.29. The Morgan fingerprint density at radius 1 is 1.24 bits per heavy atom. The van der Waals surface area contributed by atoms with Gasteiger partial charge in [0, 0.05) is 18.9 Å². The van der Waals surface area contributed by atoms with Gasteiger partial charge in [0.1, 0.15) is 0 Å². The van der Waals surface area contributed by atoms with Gasteiger partial charge in [0.15, 0.2) is 0 Å². The van der Waals surface area contributed by atoms with Gasteiger partial charge in [-0.1, -0.05) is 12.1 Å². The number of carbonyl (C=O) groups is 2. The maximum atomic E-state index is 11.8. The minimum Gasteiger partial charge on any atom is -0.324 e. The molecular formula is C13H16N2O2. The molecule has 2 rings (SSSR count). The van der Waals surface area contributed by atoms with Crippen LogP contribution in [0.1, 0.15) is 37.8 Å². The molecule has 0 radical (unpaired) electrons. The van der Waals surface area contributed by atoms with Crippen LogP contribution in [0.3, 0.4) is 0 Å². The zero-order valence-electron chi connectivity index (χ0n) is 9.85. The zero-order valence-corrected chi connectivity index (χ0v) is 9.85. The first-order valence-electron chi connectivity index (χ1n) is 5.81. The summed E-state index contributed by atoms with van der Waals surface area (Å²) in [6.07, 6.45) is 1.53. The van der Waals surface area contributed by atoms with Crippen LogP contribution in [0.5, 0.6) is 0 Å². The van der Waals surface area contributed by atoms with Crippen LogP contribution in [0.15, 0.2) is 24.3 Å². The van der Waals surface area contributed by atoms with Gasteiger partial charge in [-0.3, -0.25) is 14.5 Å². The summed E-state index contributed by atoms with van der Waals surface area (Å²) in [6.45, 7) is 1.87. The lowest BCUT2D eigenvalue weighted by molar-refractivity contribution is -0.129. The highest BCUT2D eigenvalue weighted by Crippen LogP contribution is 2.24. The van der Waals surface area contributed by atoms with Crippen LogP contribution in [0.4, 0.5) is 5.69 Å². The predicted octanol–water partition coefficient (Wildman–Crippen LogP) is 1.75. The molecular weight excluding hydrogens is 216 g/mol. The molecule has 90 valence electrons. The van der Waals surface area contributed by atoms with Crippen LogP contribution in [-0.2, 0) is 9.59 Å². The number of hydrogen-bond acceptors (Lipinski definition) is 3. The number of rotatable bonds is 2. The molecule has 2 amide bonds. The fourth-order valence-corrected chi connectivity index (χ4v) is 1.99. The van der Waals surface area contributed by atoms with Crippen LogP contribution in [0, 0.1) is 0 Å². The molecule has 0 spiro atoms. The number of nitrogens with two attached hydrogens (primary N) is 1. The number of nitrogens with zero attached hydrogens (tertiary/aromatic N) is 1. The standard InChI is InChI=1S/C13H16N2O2/c1-9(14)10-4-2-5-11(8-10)15-12(16)6-3-7-13(15)17/h2,4-5,8-9H,3,6-7,14H2,1H3. The molecule has 4 nitrogen and oxygen atoms in total. The Morgan fingerprint density at radius 3 is 2.47 bits per heavy atom. The van der Waals surface area contributed by atoms with E-state index in [2.05, 4.69) is 0 Å². The zero-order chi connectivity index (χ0) is 12.4. The molecule has 1 atom stereocenters. The van der Waals surface area contributed by atoms with Crippen molar-refractivity contribution in [2.24, 2.45) is 5.73 Å². The van der Waals surface area contributed by atoms with Gasteiger partial charge < -0.3 is 5.73 Å². The Bertz CT molecular complexity index is 438. The van der Waals surface area contributed by atoms with Crippen molar-refractivity contribution in [3.8, 4) is 0 Å². The average molecular weight is 232 g/mol. The fraction of sp³-hybridized carbons (Fsp3) is 0.385. The highest BCUT2D eigenvalue weighted by molar-refractivity contribution is 6.16. The van der Waals surface area contributed by atoms with E-state index in [1.165, 1.54) is 4.90 Å². The highest BCUT2D eigenvalue weighted by Gasteiger charge is 2.27. The van der Waals surface area contributed by atoms with E-state index in [4.69, 9.17) is 5.73 Å². The summed E-state index contributed by atoms with van der Waals surface area (Å²) in [6, 6.07) is 7.19. The Kier molecular flexibility index (Phi) is 3.24. The molecule has 1 unspecified atom stereocenters. The third-order valence-corrected chi connectivity index (χ3v) is 2.93. The molecule has 1 fully saturated rings. The Balaban J connectivity index is 2.35. The first kappa shape index (κ1) is 11.8. The molecule has 1 aromatic rings. The number of piperidine rings is 1. The summed E-state index contributed by atoms with van der Waals surface area (Å²) in [5.74, 6) is -0.244. The van der Waals surface area contributed by atoms with Crippen LogP contribution in [0.25, 0.3) is 0 Å². The van der Waals surface area contributed by atoms with Crippen molar-refractivity contribution in [1.82, 2.24) is 0 Å². The van der Waals surface area contributed by atoms with Gasteiger partial charge in [-0.15, -0.1) is 0 Å². The summed E-state index contributed by atoms with van der Waals surface area (Å²) >= 11 is 0. The van der Waals surface area contributed by atoms with E-state index in [1.807, 2.05) is 25.1 Å². The number of hydrogen-bond donors (Lipinski definition) is 1. The lowest BCUT2D eigenvalue weighted by Crippen LogP contribution is -2.40. The summed E-state index contributed by atoms with van der Waals surface area (Å²) in [7, 11) is 0. The molecule has 0 aromatic heterocycles. The van der Waals surface area contributed by atoms with E-state index in [1.54, 1.807) is 6.07 Å². The molecule has 1 saturated heterocycles. The Labute approximate surface area is 100 Å². The van der Waals surface area contributed by atoms with Gasteiger partial charge in [-0.2, -0.15) is 0 Å². The molecule has 17 heavy (non-hydrogen) atoms. The minimum atomic E-state index is -0.122. The van der Waals surface area contributed by atoms with E-state index >= 15 is 0 Å². The van der Waals surface area contributed by atoms with Gasteiger partial charge in [0.2, 0.25) is 11.8 Å². The fourth-order valence-electron chi connectivity index (χ4n) is 1.99. The molecule has 1 aliphatic rings. The smallest absolute Gasteiger partial charge is 0.233 e. The number of imide groups is 1. The third kappa shape index (κ3) is 2.36. The van der Waals surface area contributed by atoms with Crippen molar-refractivity contribution in [3.05, 3.63) is 29.8 Å². The summed E-state index contributed by atoms with van der Waals surface area (Å²) in [5, 5.41) is 0. The van der Waals surface area contributed by atoms with E-state index in [9.17, 15) is 9.59 Å². The van der Waals surface area contributed by atoms with Gasteiger partial charge in [0.05, 0.1) is 5.69 Å². The second-order valence-corrected chi connectivity index (χ2v) is 4.36.